The van der Waals surface area contributed by atoms with Crippen molar-refractivity contribution in [2.45, 2.75) is 181 Å². The Kier molecular flexibility index (Phi) is 32.5. The van der Waals surface area contributed by atoms with Crippen LogP contribution in [-0.2, 0) is 38.4 Å². The van der Waals surface area contributed by atoms with Gasteiger partial charge in [-0.3, -0.25) is 43.3 Å². The van der Waals surface area contributed by atoms with Gasteiger partial charge in [0.25, 0.3) is 0 Å². The average molecular weight is 896 g/mol. The second-order valence-corrected chi connectivity index (χ2v) is 17.2. The first kappa shape index (κ1) is 58.6. The van der Waals surface area contributed by atoms with Crippen molar-refractivity contribution in [3.8, 4) is 0 Å². The molecule has 0 aliphatic rings. The first-order chi connectivity index (χ1) is 29.9. The number of guanidine groups is 1. The molecule has 0 aromatic carbocycles. The third-order valence-electron chi connectivity index (χ3n) is 10.9. The summed E-state index contributed by atoms with van der Waals surface area (Å²) in [5.74, 6) is -9.73. The number of nitrogens with one attached hydrogen (secondary N) is 4. The molecule has 0 heterocycles. The molecule has 0 spiro atoms. The van der Waals surface area contributed by atoms with Crippen LogP contribution in [0.3, 0.4) is 0 Å². The number of carbonyl (C=O) groups is 8. The maximum Gasteiger partial charge on any atom is 0.304 e. The number of nitrogens with zero attached hydrogens (tertiary/aromatic N) is 1. The zero-order valence-electron chi connectivity index (χ0n) is 38.7. The molecule has 0 fully saturated rings. The van der Waals surface area contributed by atoms with Gasteiger partial charge in [-0.1, -0.05) is 97.8 Å². The van der Waals surface area contributed by atoms with Crippen molar-refractivity contribution in [1.82, 2.24) is 21.3 Å². The maximum atomic E-state index is 13.6. The molecule has 0 aromatic heterocycles. The van der Waals surface area contributed by atoms with Crippen LogP contribution in [0.4, 0.5) is 0 Å². The summed E-state index contributed by atoms with van der Waals surface area (Å²) in [5, 5.41) is 40.0. The number of aliphatic hydroxyl groups is 2. The lowest BCUT2D eigenvalue weighted by Crippen LogP contribution is -2.52. The third-order valence-corrected chi connectivity index (χ3v) is 10.9. The van der Waals surface area contributed by atoms with E-state index in [-0.39, 0.29) is 62.5 Å². The van der Waals surface area contributed by atoms with Crippen molar-refractivity contribution in [2.75, 3.05) is 26.7 Å². The van der Waals surface area contributed by atoms with E-state index in [0.29, 0.717) is 12.8 Å². The summed E-state index contributed by atoms with van der Waals surface area (Å²) in [5.41, 5.74) is 10.8. The Morgan fingerprint density at radius 1 is 0.651 bits per heavy atom. The van der Waals surface area contributed by atoms with E-state index in [2.05, 4.69) is 33.2 Å². The van der Waals surface area contributed by atoms with Crippen LogP contribution in [0, 0.1) is 23.7 Å². The van der Waals surface area contributed by atoms with Gasteiger partial charge in [0.15, 0.2) is 23.3 Å². The van der Waals surface area contributed by atoms with Crippen molar-refractivity contribution in [1.29, 1.82) is 0 Å². The summed E-state index contributed by atoms with van der Waals surface area (Å²) in [4.78, 5) is 107. The highest BCUT2D eigenvalue weighted by molar-refractivity contribution is 5.97. The second-order valence-electron chi connectivity index (χ2n) is 17.2. The van der Waals surface area contributed by atoms with Gasteiger partial charge in [-0.2, -0.15) is 0 Å². The minimum Gasteiger partial charge on any atom is -0.481 e. The topological polar surface area (TPSA) is 310 Å². The number of aliphatic carboxylic acids is 1. The van der Waals surface area contributed by atoms with E-state index in [0.717, 1.165) is 19.3 Å². The number of aliphatic imine (C=N–C) groups is 1. The zero-order chi connectivity index (χ0) is 47.7. The number of hydrogen-bond acceptors (Lipinski definition) is 11. The summed E-state index contributed by atoms with van der Waals surface area (Å²) in [6.07, 6.45) is 12.2. The summed E-state index contributed by atoms with van der Waals surface area (Å²) < 4.78 is 0. The van der Waals surface area contributed by atoms with Crippen LogP contribution in [-0.4, -0.2) is 113 Å². The van der Waals surface area contributed by atoms with E-state index in [1.165, 1.54) is 71.8 Å². The highest BCUT2D eigenvalue weighted by Gasteiger charge is 2.35. The van der Waals surface area contributed by atoms with Crippen molar-refractivity contribution >= 4 is 52.9 Å². The van der Waals surface area contributed by atoms with Gasteiger partial charge in [0.05, 0.1) is 43.6 Å². The monoisotopic (exact) mass is 896 g/mol. The first-order valence-electron chi connectivity index (χ1n) is 23.1. The van der Waals surface area contributed by atoms with Gasteiger partial charge in [0, 0.05) is 45.2 Å². The summed E-state index contributed by atoms with van der Waals surface area (Å²) in [6, 6.07) is -2.86. The quantitative estimate of drug-likeness (QED) is 0.0244. The van der Waals surface area contributed by atoms with Crippen LogP contribution >= 0.6 is 0 Å². The van der Waals surface area contributed by atoms with Crippen LogP contribution in [0.2, 0.25) is 0 Å². The predicted octanol–water partition coefficient (Wildman–Crippen LogP) is 2.97. The Balaban J connectivity index is 5.38. The van der Waals surface area contributed by atoms with Crippen molar-refractivity contribution in [3.05, 3.63) is 0 Å². The molecular formula is C45H81N7O11. The number of unbranched alkanes of at least 4 members (excludes halogenated alkanes) is 12. The molecule has 0 aliphatic heterocycles. The van der Waals surface area contributed by atoms with Crippen LogP contribution in [0.25, 0.3) is 0 Å². The molecule has 4 amide bonds. The molecule has 0 unspecified atom stereocenters. The molecule has 0 bridgehead atoms. The normalized spacial score (nSPS) is 14.0. The molecule has 18 heteroatoms. The molecule has 63 heavy (non-hydrogen) atoms. The Labute approximate surface area is 374 Å². The second kappa shape index (κ2) is 35.0. The number of hydrogen-bond donors (Lipinski definition) is 9. The molecule has 0 radical (unpaired) electrons. The Bertz CT molecular complexity index is 1440. The molecule has 362 valence electrons. The smallest absolute Gasteiger partial charge is 0.304 e. The standard InChI is InChI=1S/C45H81N7O11/c1-6-7-8-9-10-11-12-13-14-15-16-17-18-21-39(58)50-28-35(55)24-34(29-53)44(63)52-41(31(4)54)38(57)26-33(27-40(59)60)43(62)51-36(20-19-22-49-45(46)47)37(56)25-32(23-30(2)3)42(61)48-5/h30-34,36,41,53-54H,6-29H2,1-5H3,(H,48,61)(H,50,58)(H,51,62)(H,52,63)(H,59,60)(H4,46,47,49)/t31-,32-,33+,34+,36+,41+/m1/s1. The number of rotatable bonds is 39. The first-order valence-corrected chi connectivity index (χ1v) is 23.1. The highest BCUT2D eigenvalue weighted by Crippen LogP contribution is 2.20. The molecule has 18 nitrogen and oxygen atoms in total. The van der Waals surface area contributed by atoms with Gasteiger partial charge in [-0.05, 0) is 38.5 Å². The Hall–Kier alpha value is -4.45. The molecular weight excluding hydrogens is 815 g/mol. The van der Waals surface area contributed by atoms with E-state index in [1.54, 1.807) is 0 Å². The number of Topliss-reactive ketones (excluding diaryl/α,β-unsaturated/α-hetero) is 3. The minimum absolute atomic E-state index is 0.0218. The van der Waals surface area contributed by atoms with Gasteiger partial charge >= 0.3 is 5.97 Å². The highest BCUT2D eigenvalue weighted by atomic mass is 16.4. The zero-order valence-corrected chi connectivity index (χ0v) is 38.7. The number of carboxylic acids is 1. The van der Waals surface area contributed by atoms with Crippen molar-refractivity contribution in [2.24, 2.45) is 40.1 Å². The SMILES string of the molecule is CCCCCCCCCCCCCCCC(=O)NCC(=O)C[C@@H](CO)C(=O)N[C@H](C(=O)C[C@@H](CC(=O)O)C(=O)N[C@@H](CCCN=C(N)N)C(=O)C[C@@H](CC(C)C)C(=O)NC)[C@@H](C)O. The van der Waals surface area contributed by atoms with Gasteiger partial charge in [0.1, 0.15) is 6.04 Å². The number of carboxylic acid groups (broad SMARTS) is 1. The van der Waals surface area contributed by atoms with Gasteiger partial charge < -0.3 is 48.1 Å². The van der Waals surface area contributed by atoms with Crippen LogP contribution in [0.5, 0.6) is 0 Å². The van der Waals surface area contributed by atoms with Crippen LogP contribution < -0.4 is 32.7 Å². The minimum atomic E-state index is -1.66. The summed E-state index contributed by atoms with van der Waals surface area (Å²) in [7, 11) is 1.44. The van der Waals surface area contributed by atoms with Gasteiger partial charge in [0.2, 0.25) is 23.6 Å². The summed E-state index contributed by atoms with van der Waals surface area (Å²) >= 11 is 0. The number of amides is 4. The number of ketones is 3. The van der Waals surface area contributed by atoms with Crippen LogP contribution in [0.1, 0.15) is 163 Å². The fourth-order valence-electron chi connectivity index (χ4n) is 7.30. The molecule has 0 saturated carbocycles. The van der Waals surface area contributed by atoms with Gasteiger partial charge in [-0.25, -0.2) is 0 Å². The predicted molar refractivity (Wildman–Crippen MR) is 241 cm³/mol. The van der Waals surface area contributed by atoms with Crippen LogP contribution in [0.15, 0.2) is 4.99 Å². The molecule has 0 aliphatic carbocycles. The van der Waals surface area contributed by atoms with E-state index < -0.39 is 96.9 Å². The Morgan fingerprint density at radius 3 is 1.68 bits per heavy atom. The molecule has 11 N–H and O–H groups in total. The molecule has 0 rings (SSSR count). The number of aliphatic hydroxyl groups excluding tert-OH is 2. The lowest BCUT2D eigenvalue weighted by atomic mass is 9.88. The largest absolute Gasteiger partial charge is 0.481 e. The maximum absolute atomic E-state index is 13.6. The Morgan fingerprint density at radius 2 is 1.19 bits per heavy atom. The molecule has 6 atom stereocenters. The number of carbonyl (C=O) groups excluding carboxylic acids is 7. The van der Waals surface area contributed by atoms with Crippen molar-refractivity contribution in [3.63, 3.8) is 0 Å². The number of nitrogens with two attached hydrogens (primary N) is 2. The van der Waals surface area contributed by atoms with E-state index in [1.807, 2.05) is 13.8 Å². The lowest BCUT2D eigenvalue weighted by molar-refractivity contribution is -0.143. The molecule has 0 aromatic rings. The fraction of sp³-hybridized carbons (Fsp3) is 0.800. The van der Waals surface area contributed by atoms with Crippen molar-refractivity contribution < 1.29 is 53.7 Å². The summed E-state index contributed by atoms with van der Waals surface area (Å²) in [6.45, 7) is 6.12. The average Bonchev–Trinajstić information content (AvgIpc) is 3.22. The lowest BCUT2D eigenvalue weighted by Gasteiger charge is -2.26. The molecule has 0 saturated heterocycles. The fourth-order valence-corrected chi connectivity index (χ4v) is 7.30. The van der Waals surface area contributed by atoms with E-state index in [4.69, 9.17) is 11.5 Å². The van der Waals surface area contributed by atoms with E-state index in [9.17, 15) is 53.7 Å². The third kappa shape index (κ3) is 28.8. The van der Waals surface area contributed by atoms with E-state index >= 15 is 0 Å². The van der Waals surface area contributed by atoms with Gasteiger partial charge in [-0.15, -0.1) is 0 Å².